The molecule has 0 saturated heterocycles. The molecule has 0 aliphatic carbocycles. The first kappa shape index (κ1) is 28.8. The highest BCUT2D eigenvalue weighted by molar-refractivity contribution is 7.92. The van der Waals surface area contributed by atoms with Gasteiger partial charge in [-0.1, -0.05) is 55.5 Å². The number of benzene rings is 3. The van der Waals surface area contributed by atoms with E-state index in [1.54, 1.807) is 19.1 Å². The van der Waals surface area contributed by atoms with Crippen molar-refractivity contribution in [1.82, 2.24) is 10.2 Å². The number of anilines is 1. The van der Waals surface area contributed by atoms with E-state index in [0.29, 0.717) is 10.7 Å². The number of para-hydroxylation sites is 1. The van der Waals surface area contributed by atoms with Crippen LogP contribution < -0.4 is 9.62 Å². The molecule has 0 fully saturated rings. The van der Waals surface area contributed by atoms with E-state index in [9.17, 15) is 26.8 Å². The highest BCUT2D eigenvalue weighted by Crippen LogP contribution is 2.27. The normalized spacial score (nSPS) is 12.9. The maximum absolute atomic E-state index is 14.9. The summed E-state index contributed by atoms with van der Waals surface area (Å²) < 4.78 is 57.3. The highest BCUT2D eigenvalue weighted by atomic mass is 32.2. The molecule has 1 N–H and O–H groups in total. The molecule has 202 valence electrons. The maximum atomic E-state index is 14.9. The Hall–Kier alpha value is -3.79. The molecule has 0 radical (unpaired) electrons. The van der Waals surface area contributed by atoms with Gasteiger partial charge in [0.25, 0.3) is 10.0 Å². The van der Waals surface area contributed by atoms with Crippen LogP contribution in [0.2, 0.25) is 0 Å². The molecule has 0 aliphatic heterocycles. The molecule has 3 aromatic carbocycles. The van der Waals surface area contributed by atoms with Gasteiger partial charge in [-0.05, 0) is 50.6 Å². The smallest absolute Gasteiger partial charge is 0.264 e. The van der Waals surface area contributed by atoms with Gasteiger partial charge in [0, 0.05) is 18.2 Å². The van der Waals surface area contributed by atoms with Gasteiger partial charge in [-0.2, -0.15) is 0 Å². The third-order valence-corrected chi connectivity index (χ3v) is 7.97. The van der Waals surface area contributed by atoms with Crippen molar-refractivity contribution >= 4 is 27.5 Å². The van der Waals surface area contributed by atoms with E-state index in [1.165, 1.54) is 67.6 Å². The van der Waals surface area contributed by atoms with Gasteiger partial charge in [-0.3, -0.25) is 13.9 Å². The number of nitrogens with one attached hydrogen (secondary N) is 1. The van der Waals surface area contributed by atoms with Crippen molar-refractivity contribution in [2.75, 3.05) is 10.8 Å². The quantitative estimate of drug-likeness (QED) is 0.386. The van der Waals surface area contributed by atoms with Gasteiger partial charge < -0.3 is 10.2 Å². The number of halogens is 2. The van der Waals surface area contributed by atoms with Crippen LogP contribution in [0.15, 0.2) is 83.8 Å². The van der Waals surface area contributed by atoms with Gasteiger partial charge in [-0.15, -0.1) is 0 Å². The van der Waals surface area contributed by atoms with Crippen molar-refractivity contribution in [3.05, 3.63) is 96.1 Å². The minimum atomic E-state index is -4.38. The lowest BCUT2D eigenvalue weighted by atomic mass is 10.1. The molecule has 0 saturated carbocycles. The van der Waals surface area contributed by atoms with Crippen LogP contribution in [0, 0.1) is 11.6 Å². The third kappa shape index (κ3) is 6.74. The van der Waals surface area contributed by atoms with E-state index < -0.39 is 46.1 Å². The number of hydrogen-bond donors (Lipinski definition) is 1. The Labute approximate surface area is 222 Å². The summed E-state index contributed by atoms with van der Waals surface area (Å²) in [7, 11) is -4.38. The second kappa shape index (κ2) is 12.6. The highest BCUT2D eigenvalue weighted by Gasteiger charge is 2.34. The van der Waals surface area contributed by atoms with Crippen LogP contribution in [0.3, 0.4) is 0 Å². The predicted molar refractivity (Wildman–Crippen MR) is 142 cm³/mol. The molecule has 0 unspecified atom stereocenters. The SMILES string of the molecule is CC[C@@H](C)NC(=O)[C@H](C)N(Cc1ccccc1F)C(=O)CN(c1ccccc1F)S(=O)(=O)c1ccccc1. The van der Waals surface area contributed by atoms with E-state index in [4.69, 9.17) is 0 Å². The molecule has 0 aromatic heterocycles. The van der Waals surface area contributed by atoms with E-state index in [0.717, 1.165) is 11.0 Å². The van der Waals surface area contributed by atoms with Crippen molar-refractivity contribution in [3.8, 4) is 0 Å². The van der Waals surface area contributed by atoms with E-state index in [1.807, 2.05) is 6.92 Å². The summed E-state index contributed by atoms with van der Waals surface area (Å²) in [4.78, 5) is 27.7. The number of rotatable bonds is 11. The molecule has 3 rings (SSSR count). The minimum Gasteiger partial charge on any atom is -0.352 e. The van der Waals surface area contributed by atoms with Crippen molar-refractivity contribution in [3.63, 3.8) is 0 Å². The summed E-state index contributed by atoms with van der Waals surface area (Å²) in [6, 6.07) is 17.1. The third-order valence-electron chi connectivity index (χ3n) is 6.20. The van der Waals surface area contributed by atoms with Crippen LogP contribution in [-0.2, 0) is 26.2 Å². The number of sulfonamides is 1. The molecule has 3 aromatic rings. The fraction of sp³-hybridized carbons (Fsp3) is 0.286. The van der Waals surface area contributed by atoms with Crippen molar-refractivity contribution < 1.29 is 26.8 Å². The Morgan fingerprint density at radius 3 is 2.05 bits per heavy atom. The van der Waals surface area contributed by atoms with Crippen LogP contribution in [0.25, 0.3) is 0 Å². The van der Waals surface area contributed by atoms with E-state index in [-0.39, 0.29) is 28.7 Å². The van der Waals surface area contributed by atoms with Crippen LogP contribution in [0.5, 0.6) is 0 Å². The number of hydrogen-bond acceptors (Lipinski definition) is 4. The van der Waals surface area contributed by atoms with Crippen LogP contribution in [-0.4, -0.2) is 43.8 Å². The lowest BCUT2D eigenvalue weighted by Crippen LogP contribution is -2.52. The second-order valence-electron chi connectivity index (χ2n) is 8.88. The van der Waals surface area contributed by atoms with Crippen molar-refractivity contribution in [1.29, 1.82) is 0 Å². The lowest BCUT2D eigenvalue weighted by Gasteiger charge is -2.32. The molecule has 10 heteroatoms. The molecule has 7 nitrogen and oxygen atoms in total. The summed E-state index contributed by atoms with van der Waals surface area (Å²) in [6.07, 6.45) is 0.649. The Balaban J connectivity index is 2.04. The molecule has 0 heterocycles. The molecule has 0 aliphatic rings. The number of nitrogens with zero attached hydrogens (tertiary/aromatic N) is 2. The summed E-state index contributed by atoms with van der Waals surface area (Å²) in [5, 5.41) is 2.80. The summed E-state index contributed by atoms with van der Waals surface area (Å²) in [5.74, 6) is -2.71. The predicted octanol–water partition coefficient (Wildman–Crippen LogP) is 4.49. The molecule has 2 amide bonds. The van der Waals surface area contributed by atoms with Crippen molar-refractivity contribution in [2.24, 2.45) is 0 Å². The Morgan fingerprint density at radius 1 is 0.868 bits per heavy atom. The van der Waals surface area contributed by atoms with Crippen LogP contribution in [0.1, 0.15) is 32.8 Å². The summed E-state index contributed by atoms with van der Waals surface area (Å²) in [6.45, 7) is 4.07. The summed E-state index contributed by atoms with van der Waals surface area (Å²) in [5.41, 5.74) is -0.181. The molecule has 0 bridgehead atoms. The van der Waals surface area contributed by atoms with E-state index >= 15 is 0 Å². The topological polar surface area (TPSA) is 86.8 Å². The first-order valence-electron chi connectivity index (χ1n) is 12.2. The zero-order chi connectivity index (χ0) is 27.9. The average molecular weight is 544 g/mol. The first-order chi connectivity index (χ1) is 18.1. The Bertz CT molecular complexity index is 1370. The lowest BCUT2D eigenvalue weighted by molar-refractivity contribution is -0.139. The summed E-state index contributed by atoms with van der Waals surface area (Å²) >= 11 is 0. The van der Waals surface area contributed by atoms with Gasteiger partial charge in [0.1, 0.15) is 24.2 Å². The first-order valence-corrected chi connectivity index (χ1v) is 13.7. The zero-order valence-corrected chi connectivity index (χ0v) is 22.3. The molecule has 2 atom stereocenters. The van der Waals surface area contributed by atoms with Gasteiger partial charge in [-0.25, -0.2) is 17.2 Å². The zero-order valence-electron chi connectivity index (χ0n) is 21.5. The second-order valence-corrected chi connectivity index (χ2v) is 10.7. The van der Waals surface area contributed by atoms with E-state index in [2.05, 4.69) is 5.32 Å². The molecular formula is C28H31F2N3O4S. The number of amides is 2. The van der Waals surface area contributed by atoms with Gasteiger partial charge >= 0.3 is 0 Å². The Morgan fingerprint density at radius 2 is 1.45 bits per heavy atom. The average Bonchev–Trinajstić information content (AvgIpc) is 2.91. The Kier molecular flexibility index (Phi) is 9.57. The largest absolute Gasteiger partial charge is 0.352 e. The maximum Gasteiger partial charge on any atom is 0.264 e. The van der Waals surface area contributed by atoms with Gasteiger partial charge in [0.15, 0.2) is 0 Å². The van der Waals surface area contributed by atoms with Crippen LogP contribution in [0.4, 0.5) is 14.5 Å². The fourth-order valence-corrected chi connectivity index (χ4v) is 5.19. The minimum absolute atomic E-state index is 0.140. The monoisotopic (exact) mass is 543 g/mol. The van der Waals surface area contributed by atoms with Crippen LogP contribution >= 0.6 is 0 Å². The molecular weight excluding hydrogens is 512 g/mol. The number of carbonyl (C=O) groups excluding carboxylic acids is 2. The van der Waals surface area contributed by atoms with Gasteiger partial charge in [0.05, 0.1) is 10.6 Å². The molecule has 38 heavy (non-hydrogen) atoms. The van der Waals surface area contributed by atoms with Gasteiger partial charge in [0.2, 0.25) is 11.8 Å². The van der Waals surface area contributed by atoms with Crippen molar-refractivity contribution in [2.45, 2.75) is 50.7 Å². The fourth-order valence-electron chi connectivity index (χ4n) is 3.75. The number of carbonyl (C=O) groups is 2. The standard InChI is InChI=1S/C28H31F2N3O4S/c1-4-20(2)31-28(35)21(3)32(18-22-12-8-9-15-24(22)29)27(34)19-33(26-17-11-10-16-25(26)30)38(36,37)23-13-6-5-7-14-23/h5-17,20-21H,4,18-19H2,1-3H3,(H,31,35)/t20-,21+/m1/s1. The molecule has 0 spiro atoms.